The van der Waals surface area contributed by atoms with E-state index in [-0.39, 0.29) is 27.3 Å². The first-order chi connectivity index (χ1) is 12.3. The molecule has 0 saturated carbocycles. The molecule has 0 spiro atoms. The number of nitrogens with zero attached hydrogens (tertiary/aromatic N) is 5. The molecule has 11 heteroatoms. The third-order valence-electron chi connectivity index (χ3n) is 3.28. The number of benzene rings is 1. The molecule has 0 N–H and O–H groups in total. The van der Waals surface area contributed by atoms with E-state index in [0.29, 0.717) is 11.3 Å². The van der Waals surface area contributed by atoms with Crippen molar-refractivity contribution in [1.29, 1.82) is 0 Å². The monoisotopic (exact) mass is 401 g/mol. The lowest BCUT2D eigenvalue weighted by Gasteiger charge is -2.25. The molecule has 2 heterocycles. The molecule has 26 heavy (non-hydrogen) atoms. The SMILES string of the molecule is COc1ccc(-c2cn(C(F)(F)C(F)(Cl)Sc3ncccn3)nn2)cc1. The van der Waals surface area contributed by atoms with Crippen LogP contribution in [0.3, 0.4) is 0 Å². The zero-order valence-corrected chi connectivity index (χ0v) is 14.8. The largest absolute Gasteiger partial charge is 0.497 e. The molecule has 1 unspecified atom stereocenters. The first-order valence-electron chi connectivity index (χ1n) is 7.12. The lowest BCUT2D eigenvalue weighted by molar-refractivity contribution is -0.139. The van der Waals surface area contributed by atoms with Gasteiger partial charge in [-0.05, 0) is 42.1 Å². The molecule has 0 aliphatic rings. The average Bonchev–Trinajstić information content (AvgIpc) is 3.13. The highest BCUT2D eigenvalue weighted by molar-refractivity contribution is 8.01. The van der Waals surface area contributed by atoms with Gasteiger partial charge in [-0.15, -0.1) is 5.10 Å². The van der Waals surface area contributed by atoms with Gasteiger partial charge < -0.3 is 4.74 Å². The third-order valence-corrected chi connectivity index (χ3v) is 4.63. The summed E-state index contributed by atoms with van der Waals surface area (Å²) in [5.74, 6) is 0.592. The van der Waals surface area contributed by atoms with Crippen LogP contribution in [0.25, 0.3) is 11.3 Å². The maximum Gasteiger partial charge on any atom is 0.402 e. The van der Waals surface area contributed by atoms with Crippen LogP contribution in [0.1, 0.15) is 0 Å². The van der Waals surface area contributed by atoms with Crippen molar-refractivity contribution < 1.29 is 17.9 Å². The van der Waals surface area contributed by atoms with E-state index in [9.17, 15) is 13.2 Å². The van der Waals surface area contributed by atoms with E-state index in [2.05, 4.69) is 20.3 Å². The second-order valence-electron chi connectivity index (χ2n) is 4.97. The van der Waals surface area contributed by atoms with E-state index < -0.39 is 10.5 Å². The van der Waals surface area contributed by atoms with Crippen molar-refractivity contribution in [2.75, 3.05) is 7.11 Å². The van der Waals surface area contributed by atoms with Gasteiger partial charge in [0.05, 0.1) is 13.3 Å². The lowest BCUT2D eigenvalue weighted by Crippen LogP contribution is -2.40. The second kappa shape index (κ2) is 7.12. The van der Waals surface area contributed by atoms with Crippen LogP contribution in [-0.2, 0) is 6.05 Å². The number of thioether (sulfide) groups is 1. The summed E-state index contributed by atoms with van der Waals surface area (Å²) in [7, 11) is 1.50. The van der Waals surface area contributed by atoms with Gasteiger partial charge in [0.15, 0.2) is 5.16 Å². The van der Waals surface area contributed by atoms with Crippen molar-refractivity contribution in [2.45, 2.75) is 15.7 Å². The molecule has 0 bridgehead atoms. The minimum Gasteiger partial charge on any atom is -0.497 e. The third kappa shape index (κ3) is 3.61. The molecule has 2 aromatic heterocycles. The predicted octanol–water partition coefficient (Wildman–Crippen LogP) is 3.95. The number of rotatable bonds is 6. The fraction of sp³-hybridized carbons (Fsp3) is 0.200. The van der Waals surface area contributed by atoms with Crippen molar-refractivity contribution in [3.8, 4) is 17.0 Å². The minimum absolute atomic E-state index is 0.0209. The molecule has 0 amide bonds. The predicted molar refractivity (Wildman–Crippen MR) is 89.8 cm³/mol. The first kappa shape index (κ1) is 18.5. The normalized spacial score (nSPS) is 14.0. The minimum atomic E-state index is -4.21. The number of methoxy groups -OCH3 is 1. The van der Waals surface area contributed by atoms with Gasteiger partial charge >= 0.3 is 10.5 Å². The second-order valence-corrected chi connectivity index (χ2v) is 6.85. The number of ether oxygens (including phenoxy) is 1. The van der Waals surface area contributed by atoms with E-state index in [1.807, 2.05) is 0 Å². The highest BCUT2D eigenvalue weighted by Crippen LogP contribution is 2.50. The molecule has 0 saturated heterocycles. The van der Waals surface area contributed by atoms with Crippen LogP contribution in [0.15, 0.2) is 54.1 Å². The van der Waals surface area contributed by atoms with E-state index in [0.717, 1.165) is 6.20 Å². The molecule has 1 aromatic carbocycles. The van der Waals surface area contributed by atoms with Crippen molar-refractivity contribution >= 4 is 23.4 Å². The lowest BCUT2D eigenvalue weighted by atomic mass is 10.2. The van der Waals surface area contributed by atoms with E-state index in [1.165, 1.54) is 25.6 Å². The molecule has 3 rings (SSSR count). The standard InChI is InChI=1S/C15H11ClF3N5OS/c1-25-11-5-3-10(4-6-11)12-9-24(23-22-12)15(18,19)14(16,17)26-13-20-7-2-8-21-13/h2-9H,1H3. The average molecular weight is 402 g/mol. The Balaban J connectivity index is 1.85. The number of aromatic nitrogens is 5. The van der Waals surface area contributed by atoms with Gasteiger partial charge in [0.2, 0.25) is 0 Å². The van der Waals surface area contributed by atoms with Crippen LogP contribution in [0.4, 0.5) is 13.2 Å². The maximum absolute atomic E-state index is 14.5. The summed E-state index contributed by atoms with van der Waals surface area (Å²) >= 11 is 5.43. The van der Waals surface area contributed by atoms with Crippen LogP contribution in [0.2, 0.25) is 0 Å². The first-order valence-corrected chi connectivity index (χ1v) is 8.32. The van der Waals surface area contributed by atoms with Crippen molar-refractivity contribution in [3.63, 3.8) is 0 Å². The van der Waals surface area contributed by atoms with Gasteiger partial charge in [0, 0.05) is 18.0 Å². The van der Waals surface area contributed by atoms with Crippen molar-refractivity contribution in [2.24, 2.45) is 0 Å². The number of halogens is 4. The van der Waals surface area contributed by atoms with Crippen LogP contribution >= 0.6 is 23.4 Å². The molecule has 136 valence electrons. The Hall–Kier alpha value is -2.33. The van der Waals surface area contributed by atoms with Gasteiger partial charge in [0.1, 0.15) is 11.4 Å². The highest BCUT2D eigenvalue weighted by atomic mass is 35.5. The quantitative estimate of drug-likeness (QED) is 0.354. The Morgan fingerprint density at radius 2 is 1.77 bits per heavy atom. The van der Waals surface area contributed by atoms with Crippen LogP contribution in [-0.4, -0.2) is 36.5 Å². The fourth-order valence-electron chi connectivity index (χ4n) is 1.94. The number of alkyl halides is 4. The zero-order chi connectivity index (χ0) is 18.8. The van der Waals surface area contributed by atoms with Crippen molar-refractivity contribution in [3.05, 3.63) is 48.9 Å². The Kier molecular flexibility index (Phi) is 5.05. The molecule has 6 nitrogen and oxygen atoms in total. The zero-order valence-electron chi connectivity index (χ0n) is 13.2. The van der Waals surface area contributed by atoms with Gasteiger partial charge in [-0.1, -0.05) is 16.8 Å². The molecule has 0 aliphatic carbocycles. The summed E-state index contributed by atoms with van der Waals surface area (Å²) < 4.78 is 45.1. The van der Waals surface area contributed by atoms with Gasteiger partial charge in [-0.25, -0.2) is 14.4 Å². The summed E-state index contributed by atoms with van der Waals surface area (Å²) in [6.45, 7) is 0. The fourth-order valence-corrected chi connectivity index (χ4v) is 2.91. The molecule has 0 radical (unpaired) electrons. The van der Waals surface area contributed by atoms with Gasteiger partial charge in [-0.2, -0.15) is 13.5 Å². The summed E-state index contributed by atoms with van der Waals surface area (Å²) in [6.07, 6.45) is 3.49. The smallest absolute Gasteiger partial charge is 0.402 e. The van der Waals surface area contributed by atoms with E-state index in [1.54, 1.807) is 24.3 Å². The molecular weight excluding hydrogens is 391 g/mol. The van der Waals surface area contributed by atoms with Crippen LogP contribution in [0, 0.1) is 0 Å². The molecule has 3 aromatic rings. The Morgan fingerprint density at radius 1 is 1.12 bits per heavy atom. The van der Waals surface area contributed by atoms with Crippen molar-refractivity contribution in [1.82, 2.24) is 25.0 Å². The highest BCUT2D eigenvalue weighted by Gasteiger charge is 2.58. The maximum atomic E-state index is 14.5. The van der Waals surface area contributed by atoms with Crippen LogP contribution in [0.5, 0.6) is 5.75 Å². The molecular formula is C15H11ClF3N5OS. The summed E-state index contributed by atoms with van der Waals surface area (Å²) in [4.78, 5) is 7.35. The van der Waals surface area contributed by atoms with E-state index >= 15 is 0 Å². The molecule has 0 aliphatic heterocycles. The Labute approximate surface area is 155 Å². The topological polar surface area (TPSA) is 65.7 Å². The summed E-state index contributed by atoms with van der Waals surface area (Å²) in [6, 6.07) is 3.75. The molecule has 0 fully saturated rings. The number of hydrogen-bond donors (Lipinski definition) is 0. The van der Waals surface area contributed by atoms with E-state index in [4.69, 9.17) is 16.3 Å². The van der Waals surface area contributed by atoms with Gasteiger partial charge in [0.25, 0.3) is 0 Å². The molecule has 1 atom stereocenters. The Morgan fingerprint density at radius 3 is 2.38 bits per heavy atom. The van der Waals surface area contributed by atoms with Gasteiger partial charge in [-0.3, -0.25) is 0 Å². The summed E-state index contributed by atoms with van der Waals surface area (Å²) in [5, 5.41) is 6.74. The summed E-state index contributed by atoms with van der Waals surface area (Å²) in [5.41, 5.74) is 0.631. The number of hydrogen-bond acceptors (Lipinski definition) is 6. The Bertz CT molecular complexity index is 877. The van der Waals surface area contributed by atoms with Crippen LogP contribution < -0.4 is 4.74 Å².